The Morgan fingerprint density at radius 2 is 1.54 bits per heavy atom. The molecule has 144 valence electrons. The number of rotatable bonds is 6. The van der Waals surface area contributed by atoms with Gasteiger partial charge in [-0.3, -0.25) is 9.10 Å². The monoisotopic (exact) mass is 398 g/mol. The van der Waals surface area contributed by atoms with Crippen LogP contribution in [0.4, 0.5) is 15.8 Å². The van der Waals surface area contributed by atoms with Crippen LogP contribution in [0.2, 0.25) is 0 Å². The first-order valence-electron chi connectivity index (χ1n) is 8.67. The van der Waals surface area contributed by atoms with E-state index in [-0.39, 0.29) is 22.7 Å². The van der Waals surface area contributed by atoms with Crippen LogP contribution < -0.4 is 9.62 Å². The highest BCUT2D eigenvalue weighted by molar-refractivity contribution is 7.92. The Morgan fingerprint density at radius 3 is 2.14 bits per heavy atom. The van der Waals surface area contributed by atoms with Gasteiger partial charge in [-0.15, -0.1) is 0 Å². The summed E-state index contributed by atoms with van der Waals surface area (Å²) >= 11 is 0. The van der Waals surface area contributed by atoms with Crippen molar-refractivity contribution in [3.05, 3.63) is 90.2 Å². The van der Waals surface area contributed by atoms with Crippen molar-refractivity contribution >= 4 is 27.3 Å². The molecule has 0 saturated carbocycles. The molecule has 3 aromatic rings. The van der Waals surface area contributed by atoms with Crippen molar-refractivity contribution in [3.8, 4) is 0 Å². The van der Waals surface area contributed by atoms with Gasteiger partial charge in [0.15, 0.2) is 0 Å². The van der Waals surface area contributed by atoms with Gasteiger partial charge >= 0.3 is 0 Å². The molecule has 0 saturated heterocycles. The SMILES string of the molecule is CCN(c1ccccc1)S(=O)(=O)c1ccc(C(=O)Nc2ccccc2F)cc1. The zero-order chi connectivity index (χ0) is 20.1. The molecule has 0 aromatic heterocycles. The van der Waals surface area contributed by atoms with E-state index in [2.05, 4.69) is 5.32 Å². The van der Waals surface area contributed by atoms with Crippen LogP contribution in [0.25, 0.3) is 0 Å². The summed E-state index contributed by atoms with van der Waals surface area (Å²) < 4.78 is 40.9. The first-order valence-corrected chi connectivity index (χ1v) is 10.1. The maximum atomic E-state index is 13.7. The van der Waals surface area contributed by atoms with Crippen LogP contribution in [0.5, 0.6) is 0 Å². The first-order chi connectivity index (χ1) is 13.4. The second-order valence-electron chi connectivity index (χ2n) is 5.96. The fraction of sp³-hybridized carbons (Fsp3) is 0.0952. The topological polar surface area (TPSA) is 66.5 Å². The zero-order valence-electron chi connectivity index (χ0n) is 15.2. The van der Waals surface area contributed by atoms with Crippen LogP contribution in [0.15, 0.2) is 83.8 Å². The number of benzene rings is 3. The van der Waals surface area contributed by atoms with Crippen LogP contribution in [-0.2, 0) is 10.0 Å². The highest BCUT2D eigenvalue weighted by atomic mass is 32.2. The van der Waals surface area contributed by atoms with E-state index in [1.165, 1.54) is 46.8 Å². The summed E-state index contributed by atoms with van der Waals surface area (Å²) in [6, 6.07) is 20.2. The van der Waals surface area contributed by atoms with Crippen molar-refractivity contribution in [2.24, 2.45) is 0 Å². The van der Waals surface area contributed by atoms with Crippen LogP contribution in [0, 0.1) is 5.82 Å². The fourth-order valence-corrected chi connectivity index (χ4v) is 4.22. The van der Waals surface area contributed by atoms with Gasteiger partial charge in [-0.2, -0.15) is 0 Å². The minimum atomic E-state index is -3.77. The van der Waals surface area contributed by atoms with Crippen LogP contribution in [0.3, 0.4) is 0 Å². The number of nitrogens with zero attached hydrogens (tertiary/aromatic N) is 1. The van der Waals surface area contributed by atoms with Crippen LogP contribution >= 0.6 is 0 Å². The van der Waals surface area contributed by atoms with Gasteiger partial charge in [-0.25, -0.2) is 12.8 Å². The number of carbonyl (C=O) groups excluding carboxylic acids is 1. The van der Waals surface area contributed by atoms with E-state index in [0.29, 0.717) is 5.69 Å². The molecule has 0 spiro atoms. The summed E-state index contributed by atoms with van der Waals surface area (Å²) in [7, 11) is -3.77. The number of nitrogens with one attached hydrogen (secondary N) is 1. The highest BCUT2D eigenvalue weighted by Gasteiger charge is 2.23. The summed E-state index contributed by atoms with van der Waals surface area (Å²) in [4.78, 5) is 12.4. The number of sulfonamides is 1. The molecule has 0 radical (unpaired) electrons. The number of hydrogen-bond donors (Lipinski definition) is 1. The van der Waals surface area contributed by atoms with Crippen molar-refractivity contribution < 1.29 is 17.6 Å². The third-order valence-electron chi connectivity index (χ3n) is 4.16. The molecule has 1 amide bonds. The largest absolute Gasteiger partial charge is 0.319 e. The number of carbonyl (C=O) groups is 1. The molecule has 0 aliphatic heterocycles. The fourth-order valence-electron chi connectivity index (χ4n) is 2.75. The minimum absolute atomic E-state index is 0.0606. The molecule has 3 rings (SSSR count). The smallest absolute Gasteiger partial charge is 0.264 e. The van der Waals surface area contributed by atoms with Gasteiger partial charge in [-0.1, -0.05) is 30.3 Å². The number of amides is 1. The number of hydrogen-bond acceptors (Lipinski definition) is 3. The van der Waals surface area contributed by atoms with Crippen molar-refractivity contribution in [2.45, 2.75) is 11.8 Å². The molecule has 0 aliphatic rings. The van der Waals surface area contributed by atoms with Gasteiger partial charge in [0.05, 0.1) is 16.3 Å². The van der Waals surface area contributed by atoms with Crippen molar-refractivity contribution in [2.75, 3.05) is 16.2 Å². The van der Waals surface area contributed by atoms with Crippen molar-refractivity contribution in [1.29, 1.82) is 0 Å². The Balaban J connectivity index is 1.83. The van der Waals surface area contributed by atoms with Crippen molar-refractivity contribution in [3.63, 3.8) is 0 Å². The first kappa shape index (κ1) is 19.6. The molecular weight excluding hydrogens is 379 g/mol. The minimum Gasteiger partial charge on any atom is -0.319 e. The third-order valence-corrected chi connectivity index (χ3v) is 6.08. The summed E-state index contributed by atoms with van der Waals surface area (Å²) in [5.41, 5.74) is 0.849. The molecule has 0 aliphatic carbocycles. The third kappa shape index (κ3) is 4.04. The van der Waals surface area contributed by atoms with Gasteiger partial charge in [-0.05, 0) is 55.5 Å². The Morgan fingerprint density at radius 1 is 0.929 bits per heavy atom. The van der Waals surface area contributed by atoms with Gasteiger partial charge in [0, 0.05) is 12.1 Å². The van der Waals surface area contributed by atoms with E-state index < -0.39 is 21.7 Å². The van der Waals surface area contributed by atoms with E-state index in [0.717, 1.165) is 0 Å². The lowest BCUT2D eigenvalue weighted by Crippen LogP contribution is -2.30. The Labute approximate surface area is 163 Å². The van der Waals surface area contributed by atoms with E-state index >= 15 is 0 Å². The van der Waals surface area contributed by atoms with Gasteiger partial charge in [0.2, 0.25) is 0 Å². The lowest BCUT2D eigenvalue weighted by atomic mass is 10.2. The summed E-state index contributed by atoms with van der Waals surface area (Å²) in [5, 5.41) is 2.47. The molecule has 0 atom stereocenters. The molecule has 1 N–H and O–H groups in total. The Hall–Kier alpha value is -3.19. The Bertz CT molecular complexity index is 1070. The average Bonchev–Trinajstić information content (AvgIpc) is 2.71. The predicted molar refractivity (Wildman–Crippen MR) is 107 cm³/mol. The van der Waals surface area contributed by atoms with E-state index in [4.69, 9.17) is 0 Å². The molecular formula is C21H19FN2O3S. The average molecular weight is 398 g/mol. The molecule has 7 heteroatoms. The van der Waals surface area contributed by atoms with E-state index in [1.54, 1.807) is 37.3 Å². The standard InChI is InChI=1S/C21H19FN2O3S/c1-2-24(17-8-4-3-5-9-17)28(26,27)18-14-12-16(13-15-18)21(25)23-20-11-7-6-10-19(20)22/h3-15H,2H2,1H3,(H,23,25). The van der Waals surface area contributed by atoms with Gasteiger partial charge < -0.3 is 5.32 Å². The molecule has 0 fully saturated rings. The second kappa shape index (κ2) is 8.22. The van der Waals surface area contributed by atoms with Gasteiger partial charge in [0.25, 0.3) is 15.9 Å². The molecule has 5 nitrogen and oxygen atoms in total. The normalized spacial score (nSPS) is 11.1. The molecule has 0 heterocycles. The second-order valence-corrected chi connectivity index (χ2v) is 7.83. The molecule has 3 aromatic carbocycles. The Kier molecular flexibility index (Phi) is 5.75. The van der Waals surface area contributed by atoms with Crippen molar-refractivity contribution in [1.82, 2.24) is 0 Å². The number of anilines is 2. The quantitative estimate of drug-likeness (QED) is 0.673. The van der Waals surface area contributed by atoms with Crippen LogP contribution in [0.1, 0.15) is 17.3 Å². The summed E-state index contributed by atoms with van der Waals surface area (Å²) in [5.74, 6) is -1.07. The lowest BCUT2D eigenvalue weighted by molar-refractivity contribution is 0.102. The molecule has 0 unspecified atom stereocenters. The van der Waals surface area contributed by atoms with Crippen LogP contribution in [-0.4, -0.2) is 20.9 Å². The summed E-state index contributed by atoms with van der Waals surface area (Å²) in [6.07, 6.45) is 0. The summed E-state index contributed by atoms with van der Waals surface area (Å²) in [6.45, 7) is 2.02. The van der Waals surface area contributed by atoms with E-state index in [9.17, 15) is 17.6 Å². The van der Waals surface area contributed by atoms with Gasteiger partial charge in [0.1, 0.15) is 5.82 Å². The predicted octanol–water partition coefficient (Wildman–Crippen LogP) is 4.29. The highest BCUT2D eigenvalue weighted by Crippen LogP contribution is 2.23. The number of para-hydroxylation sites is 2. The molecule has 0 bridgehead atoms. The number of halogens is 1. The molecule has 28 heavy (non-hydrogen) atoms. The maximum absolute atomic E-state index is 13.7. The maximum Gasteiger partial charge on any atom is 0.264 e. The zero-order valence-corrected chi connectivity index (χ0v) is 16.0. The van der Waals surface area contributed by atoms with E-state index in [1.807, 2.05) is 6.07 Å². The lowest BCUT2D eigenvalue weighted by Gasteiger charge is -2.23.